The third kappa shape index (κ3) is 3.64. The highest BCUT2D eigenvalue weighted by molar-refractivity contribution is 5.87. The van der Waals surface area contributed by atoms with E-state index in [0.29, 0.717) is 17.3 Å². The SMILES string of the molecule is Nc1nc(N)c2c(n1)CCC(CCCc1ccc(C(=O)O)cc1)C2. The highest BCUT2D eigenvalue weighted by Gasteiger charge is 2.22. The minimum Gasteiger partial charge on any atom is -0.478 e. The van der Waals surface area contributed by atoms with Crippen LogP contribution in [0.2, 0.25) is 0 Å². The van der Waals surface area contributed by atoms with Crippen LogP contribution in [0.15, 0.2) is 24.3 Å². The lowest BCUT2D eigenvalue weighted by atomic mass is 9.83. The molecule has 24 heavy (non-hydrogen) atoms. The zero-order valence-electron chi connectivity index (χ0n) is 13.5. The fourth-order valence-electron chi connectivity index (χ4n) is 3.39. The first-order valence-electron chi connectivity index (χ1n) is 8.26. The van der Waals surface area contributed by atoms with Gasteiger partial charge in [-0.15, -0.1) is 0 Å². The summed E-state index contributed by atoms with van der Waals surface area (Å²) in [5, 5.41) is 8.91. The lowest BCUT2D eigenvalue weighted by molar-refractivity contribution is 0.0697. The molecule has 0 bridgehead atoms. The Morgan fingerprint density at radius 3 is 2.67 bits per heavy atom. The molecule has 126 valence electrons. The fraction of sp³-hybridized carbons (Fsp3) is 0.389. The van der Waals surface area contributed by atoms with Crippen LogP contribution in [0.5, 0.6) is 0 Å². The molecule has 1 atom stereocenters. The van der Waals surface area contributed by atoms with E-state index in [1.807, 2.05) is 12.1 Å². The van der Waals surface area contributed by atoms with Crippen LogP contribution in [0.3, 0.4) is 0 Å². The molecule has 0 spiro atoms. The molecule has 1 aromatic heterocycles. The molecule has 1 aliphatic carbocycles. The second-order valence-electron chi connectivity index (χ2n) is 6.40. The number of aromatic carboxylic acids is 1. The Bertz CT molecular complexity index is 743. The maximum absolute atomic E-state index is 10.9. The molecule has 6 heteroatoms. The molecule has 0 fully saturated rings. The molecule has 6 nitrogen and oxygen atoms in total. The summed E-state index contributed by atoms with van der Waals surface area (Å²) < 4.78 is 0. The molecule has 1 aromatic carbocycles. The normalized spacial score (nSPS) is 16.6. The second-order valence-corrected chi connectivity index (χ2v) is 6.40. The highest BCUT2D eigenvalue weighted by Crippen LogP contribution is 2.30. The molecule has 0 amide bonds. The van der Waals surface area contributed by atoms with Gasteiger partial charge >= 0.3 is 5.97 Å². The second kappa shape index (κ2) is 6.86. The molecule has 5 N–H and O–H groups in total. The van der Waals surface area contributed by atoms with Crippen LogP contribution in [0.25, 0.3) is 0 Å². The average molecular weight is 326 g/mol. The van der Waals surface area contributed by atoms with Crippen molar-refractivity contribution >= 4 is 17.7 Å². The number of rotatable bonds is 5. The van der Waals surface area contributed by atoms with Crippen molar-refractivity contribution in [2.75, 3.05) is 11.5 Å². The highest BCUT2D eigenvalue weighted by atomic mass is 16.4. The number of nitrogens with two attached hydrogens (primary N) is 2. The maximum atomic E-state index is 10.9. The number of aryl methyl sites for hydroxylation is 2. The first-order chi connectivity index (χ1) is 11.5. The number of nitrogens with zero attached hydrogens (tertiary/aromatic N) is 2. The van der Waals surface area contributed by atoms with Crippen LogP contribution >= 0.6 is 0 Å². The van der Waals surface area contributed by atoms with Crippen molar-refractivity contribution < 1.29 is 9.90 Å². The third-order valence-corrected chi connectivity index (χ3v) is 4.70. The molecule has 1 heterocycles. The van der Waals surface area contributed by atoms with E-state index in [-0.39, 0.29) is 5.95 Å². The molecule has 2 aromatic rings. The topological polar surface area (TPSA) is 115 Å². The molecule has 0 radical (unpaired) electrons. The Balaban J connectivity index is 1.53. The van der Waals surface area contributed by atoms with Gasteiger partial charge in [-0.2, -0.15) is 4.98 Å². The number of hydrogen-bond donors (Lipinski definition) is 3. The number of carbonyl (C=O) groups is 1. The average Bonchev–Trinajstić information content (AvgIpc) is 2.55. The molecule has 0 aliphatic heterocycles. The van der Waals surface area contributed by atoms with Crippen LogP contribution < -0.4 is 11.5 Å². The van der Waals surface area contributed by atoms with E-state index in [4.69, 9.17) is 16.6 Å². The van der Waals surface area contributed by atoms with Crippen molar-refractivity contribution in [2.24, 2.45) is 5.92 Å². The van der Waals surface area contributed by atoms with Crippen LogP contribution in [-0.4, -0.2) is 21.0 Å². The Hall–Kier alpha value is -2.63. The summed E-state index contributed by atoms with van der Waals surface area (Å²) in [6, 6.07) is 7.12. The maximum Gasteiger partial charge on any atom is 0.335 e. The van der Waals surface area contributed by atoms with Gasteiger partial charge in [0, 0.05) is 5.56 Å². The first-order valence-corrected chi connectivity index (χ1v) is 8.26. The molecule has 1 unspecified atom stereocenters. The molecule has 1 aliphatic rings. The summed E-state index contributed by atoms with van der Waals surface area (Å²) in [6.07, 6.45) is 6.06. The largest absolute Gasteiger partial charge is 0.478 e. The van der Waals surface area contributed by atoms with Gasteiger partial charge in [-0.1, -0.05) is 12.1 Å². The number of fused-ring (bicyclic) bond motifs is 1. The number of benzene rings is 1. The van der Waals surface area contributed by atoms with Crippen LogP contribution in [-0.2, 0) is 19.3 Å². The monoisotopic (exact) mass is 326 g/mol. The Labute approximate surface area is 140 Å². The van der Waals surface area contributed by atoms with E-state index in [2.05, 4.69) is 9.97 Å². The Morgan fingerprint density at radius 1 is 1.21 bits per heavy atom. The minimum absolute atomic E-state index is 0.259. The third-order valence-electron chi connectivity index (χ3n) is 4.70. The van der Waals surface area contributed by atoms with E-state index in [1.165, 1.54) is 5.56 Å². The van der Waals surface area contributed by atoms with Gasteiger partial charge in [0.25, 0.3) is 0 Å². The van der Waals surface area contributed by atoms with Gasteiger partial charge in [-0.05, 0) is 62.1 Å². The Kier molecular flexibility index (Phi) is 4.64. The van der Waals surface area contributed by atoms with Gasteiger partial charge < -0.3 is 16.6 Å². The van der Waals surface area contributed by atoms with Crippen LogP contribution in [0, 0.1) is 5.92 Å². The number of carboxylic acids is 1. The summed E-state index contributed by atoms with van der Waals surface area (Å²) in [5.41, 5.74) is 15.2. The molecular formula is C18H22N4O2. The van der Waals surface area contributed by atoms with Gasteiger partial charge in [-0.25, -0.2) is 9.78 Å². The van der Waals surface area contributed by atoms with E-state index in [1.54, 1.807) is 12.1 Å². The standard InChI is InChI=1S/C18H22N4O2/c19-16-14-10-12(6-9-15(14)21-18(20)22-16)3-1-2-11-4-7-13(8-5-11)17(23)24/h4-5,7-8,12H,1-3,6,9-10H2,(H,23,24)(H4,19,20,21,22). The van der Waals surface area contributed by atoms with Crippen molar-refractivity contribution in [3.8, 4) is 0 Å². The van der Waals surface area contributed by atoms with E-state index in [0.717, 1.165) is 49.8 Å². The number of nitrogen functional groups attached to an aromatic ring is 2. The zero-order valence-corrected chi connectivity index (χ0v) is 13.5. The number of anilines is 2. The summed E-state index contributed by atoms with van der Waals surface area (Å²) >= 11 is 0. The Morgan fingerprint density at radius 2 is 1.96 bits per heavy atom. The van der Waals surface area contributed by atoms with Gasteiger partial charge in [-0.3, -0.25) is 0 Å². The lowest BCUT2D eigenvalue weighted by Crippen LogP contribution is -2.19. The van der Waals surface area contributed by atoms with E-state index >= 15 is 0 Å². The smallest absolute Gasteiger partial charge is 0.335 e. The van der Waals surface area contributed by atoms with Crippen LogP contribution in [0.4, 0.5) is 11.8 Å². The summed E-state index contributed by atoms with van der Waals surface area (Å²) in [4.78, 5) is 19.2. The van der Waals surface area contributed by atoms with Gasteiger partial charge in [0.05, 0.1) is 11.3 Å². The van der Waals surface area contributed by atoms with E-state index in [9.17, 15) is 4.79 Å². The molecule has 0 saturated heterocycles. The number of carboxylic acid groups (broad SMARTS) is 1. The summed E-state index contributed by atoms with van der Waals surface area (Å²) in [6.45, 7) is 0. The van der Waals surface area contributed by atoms with Crippen molar-refractivity contribution in [1.29, 1.82) is 0 Å². The van der Waals surface area contributed by atoms with Gasteiger partial charge in [0.2, 0.25) is 5.95 Å². The molecule has 3 rings (SSSR count). The quantitative estimate of drug-likeness (QED) is 0.777. The summed E-state index contributed by atoms with van der Waals surface area (Å²) in [5.74, 6) is 0.481. The number of aromatic nitrogens is 2. The van der Waals surface area contributed by atoms with E-state index < -0.39 is 5.97 Å². The molecule has 0 saturated carbocycles. The number of hydrogen-bond acceptors (Lipinski definition) is 5. The summed E-state index contributed by atoms with van der Waals surface area (Å²) in [7, 11) is 0. The van der Waals surface area contributed by atoms with Crippen molar-refractivity contribution in [2.45, 2.75) is 38.5 Å². The predicted molar refractivity (Wildman–Crippen MR) is 92.7 cm³/mol. The van der Waals surface area contributed by atoms with Crippen molar-refractivity contribution in [3.63, 3.8) is 0 Å². The van der Waals surface area contributed by atoms with Crippen LogP contribution in [0.1, 0.15) is 46.4 Å². The lowest BCUT2D eigenvalue weighted by Gasteiger charge is -2.24. The minimum atomic E-state index is -0.886. The predicted octanol–water partition coefficient (Wildman–Crippen LogP) is 2.47. The first kappa shape index (κ1) is 16.2. The van der Waals surface area contributed by atoms with Gasteiger partial charge in [0.1, 0.15) is 5.82 Å². The zero-order chi connectivity index (χ0) is 17.1. The fourth-order valence-corrected chi connectivity index (χ4v) is 3.39. The molecular weight excluding hydrogens is 304 g/mol. The van der Waals surface area contributed by atoms with Gasteiger partial charge in [0.15, 0.2) is 0 Å². The van der Waals surface area contributed by atoms with Crippen molar-refractivity contribution in [3.05, 3.63) is 46.6 Å². The van der Waals surface area contributed by atoms with Crippen molar-refractivity contribution in [1.82, 2.24) is 9.97 Å².